The third-order valence-corrected chi connectivity index (χ3v) is 5.84. The number of aliphatic carboxylic acids is 1. The predicted molar refractivity (Wildman–Crippen MR) is 127 cm³/mol. The van der Waals surface area contributed by atoms with Crippen molar-refractivity contribution in [3.8, 4) is 16.9 Å². The van der Waals surface area contributed by atoms with Gasteiger partial charge in [-0.05, 0) is 50.8 Å². The summed E-state index contributed by atoms with van der Waals surface area (Å²) in [5.41, 5.74) is 0.280. The minimum atomic E-state index is -1.19. The van der Waals surface area contributed by atoms with Crippen LogP contribution in [0.15, 0.2) is 48.5 Å². The highest BCUT2D eigenvalue weighted by Crippen LogP contribution is 2.31. The van der Waals surface area contributed by atoms with Gasteiger partial charge < -0.3 is 25.6 Å². The third-order valence-electron chi connectivity index (χ3n) is 5.84. The average molecular weight is 469 g/mol. The molecule has 34 heavy (non-hydrogen) atoms. The Balaban J connectivity index is 1.71. The van der Waals surface area contributed by atoms with E-state index in [1.165, 1.54) is 0 Å². The number of phenols is 1. The van der Waals surface area contributed by atoms with E-state index in [0.717, 1.165) is 18.4 Å². The molecule has 1 aliphatic carbocycles. The van der Waals surface area contributed by atoms with Gasteiger partial charge in [0.05, 0.1) is 0 Å². The molecule has 1 saturated carbocycles. The second-order valence-electron chi connectivity index (χ2n) is 9.70. The van der Waals surface area contributed by atoms with Gasteiger partial charge in [0, 0.05) is 12.0 Å². The smallest absolute Gasteiger partial charge is 0.408 e. The van der Waals surface area contributed by atoms with Crippen LogP contribution in [0.3, 0.4) is 0 Å². The lowest BCUT2D eigenvalue weighted by Gasteiger charge is -2.31. The van der Waals surface area contributed by atoms with Crippen molar-refractivity contribution in [3.05, 3.63) is 54.1 Å². The van der Waals surface area contributed by atoms with Crippen LogP contribution in [0.4, 0.5) is 4.79 Å². The van der Waals surface area contributed by atoms with E-state index >= 15 is 0 Å². The number of carbonyl (C=O) groups is 3. The zero-order chi connectivity index (χ0) is 24.9. The second kappa shape index (κ2) is 10.2. The Hall–Kier alpha value is -3.55. The van der Waals surface area contributed by atoms with E-state index in [0.29, 0.717) is 24.0 Å². The summed E-state index contributed by atoms with van der Waals surface area (Å²) < 4.78 is 5.31. The highest BCUT2D eigenvalue weighted by molar-refractivity contribution is 5.93. The number of hydrogen-bond acceptors (Lipinski definition) is 5. The van der Waals surface area contributed by atoms with Crippen molar-refractivity contribution in [2.75, 3.05) is 0 Å². The van der Waals surface area contributed by atoms with Crippen LogP contribution in [0, 0.1) is 0 Å². The number of carboxylic acid groups (broad SMARTS) is 1. The van der Waals surface area contributed by atoms with E-state index in [2.05, 4.69) is 10.6 Å². The first-order valence-corrected chi connectivity index (χ1v) is 11.4. The maximum Gasteiger partial charge on any atom is 0.408 e. The van der Waals surface area contributed by atoms with Crippen molar-refractivity contribution in [1.29, 1.82) is 0 Å². The first-order chi connectivity index (χ1) is 16.0. The average Bonchev–Trinajstić information content (AvgIpc) is 3.22. The van der Waals surface area contributed by atoms with Crippen LogP contribution in [0.1, 0.15) is 52.0 Å². The molecule has 1 aliphatic rings. The molecule has 0 saturated heterocycles. The second-order valence-corrected chi connectivity index (χ2v) is 9.70. The maximum atomic E-state index is 13.2. The van der Waals surface area contributed by atoms with Crippen molar-refractivity contribution in [1.82, 2.24) is 10.6 Å². The molecule has 3 rings (SSSR count). The number of alkyl carbamates (subject to hydrolysis) is 1. The molecular weight excluding hydrogens is 436 g/mol. The highest BCUT2D eigenvalue weighted by atomic mass is 16.6. The Labute approximate surface area is 199 Å². The first-order valence-electron chi connectivity index (χ1n) is 11.4. The number of amides is 2. The Morgan fingerprint density at radius 1 is 1.03 bits per heavy atom. The topological polar surface area (TPSA) is 125 Å². The van der Waals surface area contributed by atoms with Crippen molar-refractivity contribution in [3.63, 3.8) is 0 Å². The molecular formula is C26H32N2O6. The molecule has 2 aromatic carbocycles. The molecule has 1 unspecified atom stereocenters. The molecule has 182 valence electrons. The molecule has 0 heterocycles. The number of phenolic OH excluding ortho intramolecular Hbond substituents is 1. The number of nitrogens with one attached hydrogen (secondary N) is 2. The summed E-state index contributed by atoms with van der Waals surface area (Å²) in [6.07, 6.45) is 1.70. The molecule has 0 radical (unpaired) electrons. The number of aromatic hydroxyl groups is 1. The van der Waals surface area contributed by atoms with Gasteiger partial charge in [-0.3, -0.25) is 4.79 Å². The number of benzene rings is 2. The number of rotatable bonds is 7. The fraction of sp³-hybridized carbons (Fsp3) is 0.423. The summed E-state index contributed by atoms with van der Waals surface area (Å²) in [5.74, 6) is -1.53. The Kier molecular flexibility index (Phi) is 7.49. The molecule has 8 heteroatoms. The number of carbonyl (C=O) groups excluding carboxylic acids is 2. The zero-order valence-electron chi connectivity index (χ0n) is 19.8. The highest BCUT2D eigenvalue weighted by Gasteiger charge is 2.44. The van der Waals surface area contributed by atoms with Crippen LogP contribution in [0.5, 0.6) is 5.75 Å². The predicted octanol–water partition coefficient (Wildman–Crippen LogP) is 4.01. The van der Waals surface area contributed by atoms with Crippen molar-refractivity contribution >= 4 is 18.0 Å². The van der Waals surface area contributed by atoms with Gasteiger partial charge in [-0.15, -0.1) is 0 Å². The Morgan fingerprint density at radius 2 is 1.65 bits per heavy atom. The van der Waals surface area contributed by atoms with Gasteiger partial charge >= 0.3 is 12.1 Å². The fourth-order valence-electron chi connectivity index (χ4n) is 4.16. The van der Waals surface area contributed by atoms with Gasteiger partial charge in [-0.25, -0.2) is 9.59 Å². The summed E-state index contributed by atoms with van der Waals surface area (Å²) in [7, 11) is 0. The standard InChI is InChI=1S/C26H32N2O6/c1-25(2,3)34-24(33)28-26(14-6-7-15-26)23(32)27-20(22(30)31)16-17-10-12-18(13-11-17)19-8-4-5-9-21(19)29/h4-5,8-13,20,29H,6-7,14-16H2,1-3H3,(H,27,32)(H,28,33)(H,30,31). The van der Waals surface area contributed by atoms with Gasteiger partial charge in [0.15, 0.2) is 0 Å². The molecule has 2 amide bonds. The van der Waals surface area contributed by atoms with Gasteiger partial charge in [-0.2, -0.15) is 0 Å². The first kappa shape index (κ1) is 25.1. The van der Waals surface area contributed by atoms with Gasteiger partial charge in [0.1, 0.15) is 22.9 Å². The van der Waals surface area contributed by atoms with Gasteiger partial charge in [0.2, 0.25) is 5.91 Å². The minimum absolute atomic E-state index is 0.0741. The normalized spacial score (nSPS) is 15.9. The summed E-state index contributed by atoms with van der Waals surface area (Å²) in [5, 5.41) is 25.1. The van der Waals surface area contributed by atoms with Crippen molar-refractivity contribution < 1.29 is 29.3 Å². The minimum Gasteiger partial charge on any atom is -0.507 e. The molecule has 1 atom stereocenters. The molecule has 0 aromatic heterocycles. The molecule has 1 fully saturated rings. The van der Waals surface area contributed by atoms with E-state index in [1.54, 1.807) is 63.2 Å². The maximum absolute atomic E-state index is 13.2. The van der Waals surface area contributed by atoms with Crippen LogP contribution in [0.25, 0.3) is 11.1 Å². The molecule has 4 N–H and O–H groups in total. The van der Waals surface area contributed by atoms with Crippen LogP contribution < -0.4 is 10.6 Å². The lowest BCUT2D eigenvalue weighted by Crippen LogP contribution is -2.60. The van der Waals surface area contributed by atoms with E-state index < -0.39 is 35.2 Å². The Bertz CT molecular complexity index is 1040. The van der Waals surface area contributed by atoms with E-state index in [1.807, 2.05) is 6.07 Å². The third kappa shape index (κ3) is 6.27. The lowest BCUT2D eigenvalue weighted by molar-refractivity contribution is -0.142. The Morgan fingerprint density at radius 3 is 2.21 bits per heavy atom. The summed E-state index contributed by atoms with van der Waals surface area (Å²) in [6.45, 7) is 5.20. The lowest BCUT2D eigenvalue weighted by atomic mass is 9.95. The monoisotopic (exact) mass is 468 g/mol. The summed E-state index contributed by atoms with van der Waals surface area (Å²) in [4.78, 5) is 37.5. The molecule has 0 spiro atoms. The van der Waals surface area contributed by atoms with Crippen LogP contribution in [-0.4, -0.2) is 45.4 Å². The number of hydrogen-bond donors (Lipinski definition) is 4. The van der Waals surface area contributed by atoms with Crippen LogP contribution >= 0.6 is 0 Å². The fourth-order valence-corrected chi connectivity index (χ4v) is 4.16. The summed E-state index contributed by atoms with van der Waals surface area (Å²) in [6, 6.07) is 12.9. The SMILES string of the molecule is CC(C)(C)OC(=O)NC1(C(=O)NC(Cc2ccc(-c3ccccc3O)cc2)C(=O)O)CCCC1. The zero-order valence-corrected chi connectivity index (χ0v) is 19.8. The van der Waals surface area contributed by atoms with Gasteiger partial charge in [0.25, 0.3) is 0 Å². The van der Waals surface area contributed by atoms with Crippen molar-refractivity contribution in [2.24, 2.45) is 0 Å². The molecule has 8 nitrogen and oxygen atoms in total. The largest absolute Gasteiger partial charge is 0.507 e. The van der Waals surface area contributed by atoms with E-state index in [-0.39, 0.29) is 12.2 Å². The van der Waals surface area contributed by atoms with Crippen LogP contribution in [-0.2, 0) is 20.7 Å². The molecule has 0 aliphatic heterocycles. The number of para-hydroxylation sites is 1. The van der Waals surface area contributed by atoms with Crippen molar-refractivity contribution in [2.45, 2.75) is 70.1 Å². The number of carboxylic acids is 1. The molecule has 0 bridgehead atoms. The molecule has 2 aromatic rings. The van der Waals surface area contributed by atoms with E-state index in [4.69, 9.17) is 4.74 Å². The number of ether oxygens (including phenoxy) is 1. The van der Waals surface area contributed by atoms with E-state index in [9.17, 15) is 24.6 Å². The quantitative estimate of drug-likeness (QED) is 0.487. The van der Waals surface area contributed by atoms with Gasteiger partial charge in [-0.1, -0.05) is 55.3 Å². The van der Waals surface area contributed by atoms with Crippen LogP contribution in [0.2, 0.25) is 0 Å². The summed E-state index contributed by atoms with van der Waals surface area (Å²) >= 11 is 0.